The Kier molecular flexibility index (Phi) is 7.08. The molecular weight excluding hydrogens is 234 g/mol. The predicted octanol–water partition coefficient (Wildman–Crippen LogP) is 2.42. The Morgan fingerprint density at radius 2 is 2.12 bits per heavy atom. The third kappa shape index (κ3) is 4.98. The normalized spacial score (nSPS) is 10.5. The van der Waals surface area contributed by atoms with Gasteiger partial charge in [-0.1, -0.05) is 6.07 Å². The molecule has 0 atom stereocenters. The van der Waals surface area contributed by atoms with Gasteiger partial charge in [0, 0.05) is 31.6 Å². The van der Waals surface area contributed by atoms with Gasteiger partial charge in [0.15, 0.2) is 0 Å². The highest BCUT2D eigenvalue weighted by molar-refractivity contribution is 7.98. The Balaban J connectivity index is 2.49. The Hall–Kier alpha value is -0.710. The quantitative estimate of drug-likeness (QED) is 0.725. The molecule has 3 nitrogen and oxygen atoms in total. The van der Waals surface area contributed by atoms with Crippen molar-refractivity contribution < 1.29 is 9.47 Å². The van der Waals surface area contributed by atoms with Crippen LogP contribution >= 0.6 is 11.8 Å². The average Bonchev–Trinajstić information content (AvgIpc) is 2.38. The van der Waals surface area contributed by atoms with Gasteiger partial charge in [0.25, 0.3) is 0 Å². The Morgan fingerprint density at radius 3 is 2.76 bits per heavy atom. The number of thioether (sulfide) groups is 1. The summed E-state index contributed by atoms with van der Waals surface area (Å²) >= 11 is 1.89. The van der Waals surface area contributed by atoms with Crippen LogP contribution in [0.15, 0.2) is 18.2 Å². The molecule has 0 heterocycles. The molecule has 0 bridgehead atoms. The first kappa shape index (κ1) is 14.4. The average molecular weight is 255 g/mol. The van der Waals surface area contributed by atoms with E-state index in [1.807, 2.05) is 23.9 Å². The summed E-state index contributed by atoms with van der Waals surface area (Å²) in [5.41, 5.74) is 8.01. The molecule has 0 saturated carbocycles. The molecule has 1 aromatic rings. The molecule has 0 aromatic heterocycles. The molecule has 0 radical (unpaired) electrons. The van der Waals surface area contributed by atoms with Crippen molar-refractivity contribution in [2.45, 2.75) is 18.7 Å². The van der Waals surface area contributed by atoms with E-state index in [2.05, 4.69) is 6.07 Å². The second-order valence-electron chi connectivity index (χ2n) is 3.75. The maximum absolute atomic E-state index is 5.64. The number of methoxy groups -OCH3 is 2. The number of hydrogen-bond donors (Lipinski definition) is 1. The zero-order valence-electron chi connectivity index (χ0n) is 10.6. The molecule has 2 N–H and O–H groups in total. The summed E-state index contributed by atoms with van der Waals surface area (Å²) in [6, 6.07) is 6.13. The molecule has 0 aliphatic heterocycles. The van der Waals surface area contributed by atoms with E-state index < -0.39 is 0 Å². The summed E-state index contributed by atoms with van der Waals surface area (Å²) in [6.07, 6.45) is 1.08. The highest BCUT2D eigenvalue weighted by Gasteiger charge is 2.04. The molecule has 0 aliphatic rings. The number of benzene rings is 1. The van der Waals surface area contributed by atoms with Gasteiger partial charge >= 0.3 is 0 Å². The maximum atomic E-state index is 5.64. The van der Waals surface area contributed by atoms with Crippen LogP contribution in [0.5, 0.6) is 5.75 Å². The van der Waals surface area contributed by atoms with E-state index in [0.29, 0.717) is 6.54 Å². The molecular formula is C13H21NO2S. The maximum Gasteiger partial charge on any atom is 0.122 e. The van der Waals surface area contributed by atoms with Crippen LogP contribution in [0.3, 0.4) is 0 Å². The minimum absolute atomic E-state index is 0.575. The first-order chi connectivity index (χ1) is 8.31. The van der Waals surface area contributed by atoms with Crippen molar-refractivity contribution in [3.05, 3.63) is 29.3 Å². The molecule has 0 spiro atoms. The van der Waals surface area contributed by atoms with Crippen molar-refractivity contribution in [1.82, 2.24) is 0 Å². The summed E-state index contributed by atoms with van der Waals surface area (Å²) in [6.45, 7) is 1.40. The van der Waals surface area contributed by atoms with Crippen LogP contribution in [-0.2, 0) is 17.0 Å². The van der Waals surface area contributed by atoms with E-state index in [0.717, 1.165) is 35.8 Å². The first-order valence-corrected chi connectivity index (χ1v) is 6.89. The lowest BCUT2D eigenvalue weighted by atomic mass is 10.1. The number of nitrogens with two attached hydrogens (primary N) is 1. The van der Waals surface area contributed by atoms with Crippen molar-refractivity contribution in [2.75, 3.05) is 26.6 Å². The van der Waals surface area contributed by atoms with Gasteiger partial charge in [0.05, 0.1) is 7.11 Å². The van der Waals surface area contributed by atoms with Gasteiger partial charge in [0.2, 0.25) is 0 Å². The van der Waals surface area contributed by atoms with Crippen molar-refractivity contribution in [1.29, 1.82) is 0 Å². The van der Waals surface area contributed by atoms with Crippen LogP contribution in [0.4, 0.5) is 0 Å². The van der Waals surface area contributed by atoms with Crippen LogP contribution in [0, 0.1) is 0 Å². The third-order valence-electron chi connectivity index (χ3n) is 2.48. The van der Waals surface area contributed by atoms with Crippen molar-refractivity contribution in [3.63, 3.8) is 0 Å². The van der Waals surface area contributed by atoms with E-state index in [9.17, 15) is 0 Å². The van der Waals surface area contributed by atoms with E-state index in [-0.39, 0.29) is 0 Å². The zero-order chi connectivity index (χ0) is 12.5. The topological polar surface area (TPSA) is 44.5 Å². The molecule has 0 unspecified atom stereocenters. The number of rotatable bonds is 8. The molecule has 17 heavy (non-hydrogen) atoms. The van der Waals surface area contributed by atoms with Gasteiger partial charge in [-0.25, -0.2) is 0 Å². The fourth-order valence-electron chi connectivity index (χ4n) is 1.56. The van der Waals surface area contributed by atoms with Gasteiger partial charge in [-0.15, -0.1) is 0 Å². The van der Waals surface area contributed by atoms with Gasteiger partial charge in [-0.2, -0.15) is 11.8 Å². The first-order valence-electron chi connectivity index (χ1n) is 5.74. The van der Waals surface area contributed by atoms with Gasteiger partial charge in [-0.05, 0) is 29.9 Å². The Bertz CT molecular complexity index is 331. The van der Waals surface area contributed by atoms with E-state index in [4.69, 9.17) is 15.2 Å². The van der Waals surface area contributed by atoms with Crippen molar-refractivity contribution in [2.24, 2.45) is 5.73 Å². The third-order valence-corrected chi connectivity index (χ3v) is 3.57. The summed E-state index contributed by atoms with van der Waals surface area (Å²) in [5, 5.41) is 0. The minimum Gasteiger partial charge on any atom is -0.496 e. The van der Waals surface area contributed by atoms with Crippen LogP contribution in [0.2, 0.25) is 0 Å². The predicted molar refractivity (Wildman–Crippen MR) is 73.5 cm³/mol. The van der Waals surface area contributed by atoms with E-state index in [1.165, 1.54) is 5.56 Å². The Morgan fingerprint density at radius 1 is 1.29 bits per heavy atom. The van der Waals surface area contributed by atoms with Crippen molar-refractivity contribution in [3.8, 4) is 5.75 Å². The monoisotopic (exact) mass is 255 g/mol. The van der Waals surface area contributed by atoms with Gasteiger partial charge in [-0.3, -0.25) is 0 Å². The second-order valence-corrected chi connectivity index (χ2v) is 4.85. The fourth-order valence-corrected chi connectivity index (χ4v) is 2.47. The highest BCUT2D eigenvalue weighted by Crippen LogP contribution is 2.24. The van der Waals surface area contributed by atoms with Crippen LogP contribution in [-0.4, -0.2) is 26.6 Å². The summed E-state index contributed by atoms with van der Waals surface area (Å²) in [7, 11) is 3.44. The standard InChI is InChI=1S/C13H21NO2S/c1-15-6-3-7-17-10-12-8-11(9-14)4-5-13(12)16-2/h4-5,8H,3,6-7,9-10,14H2,1-2H3. The zero-order valence-corrected chi connectivity index (χ0v) is 11.4. The van der Waals surface area contributed by atoms with Gasteiger partial charge < -0.3 is 15.2 Å². The lowest BCUT2D eigenvalue weighted by molar-refractivity contribution is 0.200. The molecule has 96 valence electrons. The SMILES string of the molecule is COCCCSCc1cc(CN)ccc1OC. The lowest BCUT2D eigenvalue weighted by Crippen LogP contribution is -1.99. The molecule has 0 saturated heterocycles. The number of hydrogen-bond acceptors (Lipinski definition) is 4. The largest absolute Gasteiger partial charge is 0.496 e. The molecule has 0 amide bonds. The van der Waals surface area contributed by atoms with Crippen molar-refractivity contribution >= 4 is 11.8 Å². The Labute approximate surface area is 108 Å². The smallest absolute Gasteiger partial charge is 0.122 e. The number of ether oxygens (including phenoxy) is 2. The lowest BCUT2D eigenvalue weighted by Gasteiger charge is -2.10. The van der Waals surface area contributed by atoms with Crippen LogP contribution < -0.4 is 10.5 Å². The highest BCUT2D eigenvalue weighted by atomic mass is 32.2. The molecule has 0 aliphatic carbocycles. The van der Waals surface area contributed by atoms with E-state index in [1.54, 1.807) is 14.2 Å². The molecule has 0 fully saturated rings. The fraction of sp³-hybridized carbons (Fsp3) is 0.538. The second kappa shape index (κ2) is 8.39. The summed E-state index contributed by atoms with van der Waals surface area (Å²) in [4.78, 5) is 0. The minimum atomic E-state index is 0.575. The van der Waals surface area contributed by atoms with Crippen LogP contribution in [0.1, 0.15) is 17.5 Å². The molecule has 1 aromatic carbocycles. The molecule has 4 heteroatoms. The van der Waals surface area contributed by atoms with E-state index >= 15 is 0 Å². The van der Waals surface area contributed by atoms with Crippen LogP contribution in [0.25, 0.3) is 0 Å². The van der Waals surface area contributed by atoms with Gasteiger partial charge in [0.1, 0.15) is 5.75 Å². The summed E-state index contributed by atoms with van der Waals surface area (Å²) in [5.74, 6) is 3.01. The molecule has 1 rings (SSSR count). The summed E-state index contributed by atoms with van der Waals surface area (Å²) < 4.78 is 10.4.